The van der Waals surface area contributed by atoms with E-state index < -0.39 is 28.8 Å². The Labute approximate surface area is 125 Å². The number of nitriles is 1. The van der Waals surface area contributed by atoms with Crippen LogP contribution in [-0.2, 0) is 4.79 Å². The minimum absolute atomic E-state index is 0.261. The second-order valence-corrected chi connectivity index (χ2v) is 4.96. The molecule has 108 valence electrons. The van der Waals surface area contributed by atoms with Crippen LogP contribution in [0.1, 0.15) is 18.4 Å². The van der Waals surface area contributed by atoms with Crippen molar-refractivity contribution < 1.29 is 9.72 Å². The van der Waals surface area contributed by atoms with E-state index in [4.69, 9.17) is 16.9 Å². The number of nitrogens with one attached hydrogen (secondary N) is 1. The Bertz CT molecular complexity index is 668. The van der Waals surface area contributed by atoms with E-state index in [1.807, 2.05) is 0 Å². The molecular weight excluding hydrogens is 296 g/mol. The van der Waals surface area contributed by atoms with Gasteiger partial charge < -0.3 is 5.32 Å². The van der Waals surface area contributed by atoms with E-state index in [1.165, 1.54) is 0 Å². The maximum atomic E-state index is 12.0. The molecule has 0 aliphatic carbocycles. The largest absolute Gasteiger partial charge is 0.313 e. The molecule has 21 heavy (non-hydrogen) atoms. The third kappa shape index (κ3) is 2.85. The summed E-state index contributed by atoms with van der Waals surface area (Å²) >= 11 is 6.08. The molecule has 7 nitrogen and oxygen atoms in total. The summed E-state index contributed by atoms with van der Waals surface area (Å²) in [4.78, 5) is 26.5. The highest BCUT2D eigenvalue weighted by molar-refractivity contribution is 6.31. The number of nitrogens with zero attached hydrogens (tertiary/aromatic N) is 3. The molecule has 3 atom stereocenters. The molecule has 0 aromatic heterocycles. The van der Waals surface area contributed by atoms with Gasteiger partial charge in [0.25, 0.3) is 5.91 Å². The third-order valence-corrected chi connectivity index (χ3v) is 3.55. The van der Waals surface area contributed by atoms with Crippen molar-refractivity contribution in [3.8, 4) is 6.07 Å². The number of carbonyl (C=O) groups excluding carboxylic acids is 1. The molecule has 0 saturated carbocycles. The Hall–Kier alpha value is -2.46. The first-order valence-electron chi connectivity index (χ1n) is 6.08. The van der Waals surface area contributed by atoms with Crippen LogP contribution in [0.15, 0.2) is 29.3 Å². The van der Waals surface area contributed by atoms with Gasteiger partial charge >= 0.3 is 6.04 Å². The summed E-state index contributed by atoms with van der Waals surface area (Å²) in [5.41, 5.74) is 0.362. The first-order chi connectivity index (χ1) is 9.95. The van der Waals surface area contributed by atoms with E-state index in [-0.39, 0.29) is 5.02 Å². The lowest BCUT2D eigenvalue weighted by molar-refractivity contribution is -0.511. The van der Waals surface area contributed by atoms with Crippen LogP contribution >= 0.6 is 11.6 Å². The van der Waals surface area contributed by atoms with Crippen molar-refractivity contribution >= 4 is 23.3 Å². The summed E-state index contributed by atoms with van der Waals surface area (Å²) in [6, 6.07) is 5.41. The van der Waals surface area contributed by atoms with E-state index in [0.717, 1.165) is 0 Å². The van der Waals surface area contributed by atoms with Crippen molar-refractivity contribution in [1.29, 1.82) is 5.26 Å². The van der Waals surface area contributed by atoms with Gasteiger partial charge in [-0.3, -0.25) is 19.9 Å². The average Bonchev–Trinajstić information content (AvgIpc) is 2.75. The number of halogens is 1. The van der Waals surface area contributed by atoms with Crippen LogP contribution in [0, 0.1) is 21.4 Å². The van der Waals surface area contributed by atoms with Crippen LogP contribution in [0.25, 0.3) is 0 Å². The smallest absolute Gasteiger partial charge is 0.306 e. The minimum atomic E-state index is -1.62. The zero-order valence-electron chi connectivity index (χ0n) is 11.0. The summed E-state index contributed by atoms with van der Waals surface area (Å²) in [7, 11) is 0. The normalized spacial score (nSPS) is 20.1. The standard InChI is InChI=1S/C13H11ClN4O3/c1-7-16-12(13(19)17-7)11(10(6-15)18(20)21)8-4-2-3-5-9(8)14/h2-5,10-12H,1H3,(H,16,17,19)/t10-,11+,12+/m0/s1. The van der Waals surface area contributed by atoms with Gasteiger partial charge in [0.05, 0.1) is 5.92 Å². The maximum Gasteiger partial charge on any atom is 0.306 e. The fraction of sp³-hybridized carbons (Fsp3) is 0.308. The van der Waals surface area contributed by atoms with Crippen LogP contribution in [0.5, 0.6) is 0 Å². The quantitative estimate of drug-likeness (QED) is 0.671. The highest BCUT2D eigenvalue weighted by Gasteiger charge is 2.45. The Morgan fingerprint density at radius 3 is 2.67 bits per heavy atom. The van der Waals surface area contributed by atoms with E-state index in [9.17, 15) is 14.9 Å². The summed E-state index contributed by atoms with van der Waals surface area (Å²) in [6.07, 6.45) is 0. The Kier molecular flexibility index (Phi) is 4.19. The molecule has 1 aromatic rings. The average molecular weight is 307 g/mol. The number of carbonyl (C=O) groups is 1. The van der Waals surface area contributed by atoms with Gasteiger partial charge in [-0.2, -0.15) is 5.26 Å². The lowest BCUT2D eigenvalue weighted by Gasteiger charge is -2.20. The topological polar surface area (TPSA) is 108 Å². The number of hydrogen-bond acceptors (Lipinski definition) is 5. The first-order valence-corrected chi connectivity index (χ1v) is 6.46. The van der Waals surface area contributed by atoms with Crippen molar-refractivity contribution in [3.63, 3.8) is 0 Å². The zero-order chi connectivity index (χ0) is 15.6. The summed E-state index contributed by atoms with van der Waals surface area (Å²) in [6.45, 7) is 1.58. The highest BCUT2D eigenvalue weighted by Crippen LogP contribution is 2.33. The molecule has 2 rings (SSSR count). The monoisotopic (exact) mass is 306 g/mol. The van der Waals surface area contributed by atoms with Gasteiger partial charge in [0, 0.05) is 9.95 Å². The van der Waals surface area contributed by atoms with Crippen LogP contribution in [0.3, 0.4) is 0 Å². The molecule has 0 spiro atoms. The number of amides is 1. The molecule has 1 N–H and O–H groups in total. The Balaban J connectivity index is 2.55. The lowest BCUT2D eigenvalue weighted by Crippen LogP contribution is -2.39. The molecule has 0 radical (unpaired) electrons. The van der Waals surface area contributed by atoms with Crippen LogP contribution < -0.4 is 5.32 Å². The van der Waals surface area contributed by atoms with Crippen molar-refractivity contribution in [2.75, 3.05) is 0 Å². The van der Waals surface area contributed by atoms with E-state index in [2.05, 4.69) is 10.3 Å². The Morgan fingerprint density at radius 1 is 1.52 bits per heavy atom. The van der Waals surface area contributed by atoms with Gasteiger partial charge in [-0.1, -0.05) is 29.8 Å². The van der Waals surface area contributed by atoms with Gasteiger partial charge in [0.2, 0.25) is 0 Å². The number of rotatable bonds is 4. The van der Waals surface area contributed by atoms with Gasteiger partial charge in [-0.25, -0.2) is 0 Å². The highest BCUT2D eigenvalue weighted by atomic mass is 35.5. The van der Waals surface area contributed by atoms with Gasteiger partial charge in [0.1, 0.15) is 17.9 Å². The van der Waals surface area contributed by atoms with Crippen LogP contribution in [0.2, 0.25) is 5.02 Å². The van der Waals surface area contributed by atoms with Crippen LogP contribution in [-0.4, -0.2) is 28.7 Å². The number of hydrogen-bond donors (Lipinski definition) is 1. The second-order valence-electron chi connectivity index (χ2n) is 4.56. The van der Waals surface area contributed by atoms with Crippen molar-refractivity contribution in [2.45, 2.75) is 24.9 Å². The molecule has 0 bridgehead atoms. The fourth-order valence-corrected chi connectivity index (χ4v) is 2.57. The third-order valence-electron chi connectivity index (χ3n) is 3.21. The molecule has 1 aliphatic rings. The fourth-order valence-electron chi connectivity index (χ4n) is 2.31. The summed E-state index contributed by atoms with van der Waals surface area (Å²) in [5, 5.41) is 23.0. The van der Waals surface area contributed by atoms with Crippen LogP contribution in [0.4, 0.5) is 0 Å². The molecule has 1 aromatic carbocycles. The van der Waals surface area contributed by atoms with Crippen molar-refractivity contribution in [2.24, 2.45) is 4.99 Å². The van der Waals surface area contributed by atoms with Gasteiger partial charge in [0.15, 0.2) is 0 Å². The second kappa shape index (κ2) is 5.89. The molecule has 8 heteroatoms. The molecular formula is C13H11ClN4O3. The van der Waals surface area contributed by atoms with E-state index in [1.54, 1.807) is 37.3 Å². The first kappa shape index (κ1) is 14.9. The number of benzene rings is 1. The molecule has 0 fully saturated rings. The predicted octanol–water partition coefficient (Wildman–Crippen LogP) is 1.51. The molecule has 1 heterocycles. The predicted molar refractivity (Wildman–Crippen MR) is 75.6 cm³/mol. The Morgan fingerprint density at radius 2 is 2.19 bits per heavy atom. The lowest BCUT2D eigenvalue weighted by atomic mass is 9.85. The molecule has 1 amide bonds. The maximum absolute atomic E-state index is 12.0. The number of amidine groups is 1. The zero-order valence-corrected chi connectivity index (χ0v) is 11.7. The number of aliphatic imine (C=N–C) groups is 1. The molecule has 0 unspecified atom stereocenters. The van der Waals surface area contributed by atoms with Crippen molar-refractivity contribution in [1.82, 2.24) is 5.32 Å². The number of nitro groups is 1. The SMILES string of the molecule is CC1=N[C@H]([C@H](c2ccccc2Cl)[C@H](C#N)[N+](=O)[O-])C(=O)N1. The van der Waals surface area contributed by atoms with E-state index >= 15 is 0 Å². The summed E-state index contributed by atoms with van der Waals surface area (Å²) < 4.78 is 0. The van der Waals surface area contributed by atoms with Gasteiger partial charge in [-0.15, -0.1) is 0 Å². The van der Waals surface area contributed by atoms with Crippen molar-refractivity contribution in [3.05, 3.63) is 45.0 Å². The van der Waals surface area contributed by atoms with Gasteiger partial charge in [-0.05, 0) is 18.6 Å². The molecule has 1 aliphatic heterocycles. The minimum Gasteiger partial charge on any atom is -0.313 e. The summed E-state index contributed by atoms with van der Waals surface area (Å²) in [5.74, 6) is -1.15. The molecule has 0 saturated heterocycles. The van der Waals surface area contributed by atoms with E-state index in [0.29, 0.717) is 11.4 Å².